The van der Waals surface area contributed by atoms with Gasteiger partial charge in [-0.1, -0.05) is 0 Å². The van der Waals surface area contributed by atoms with Crippen molar-refractivity contribution in [2.24, 2.45) is 5.10 Å². The quantitative estimate of drug-likeness (QED) is 0.414. The van der Waals surface area contributed by atoms with Crippen LogP contribution in [0.1, 0.15) is 30.5 Å². The molecule has 0 saturated heterocycles. The molecule has 0 spiro atoms. The Morgan fingerprint density at radius 3 is 2.55 bits per heavy atom. The zero-order valence-electron chi connectivity index (χ0n) is 16.7. The number of amides is 1. The van der Waals surface area contributed by atoms with Gasteiger partial charge >= 0.3 is 0 Å². The molecule has 31 heavy (non-hydrogen) atoms. The normalized spacial score (nSPS) is 16.6. The third-order valence-corrected chi connectivity index (χ3v) is 5.19. The number of rotatable bonds is 2. The van der Waals surface area contributed by atoms with Gasteiger partial charge in [0, 0.05) is 30.2 Å². The largest absolute Gasteiger partial charge is 0.454 e. The molecule has 0 fully saturated rings. The SMILES string of the molecule is CC(=O)NNC(=S)N1N=C(c2ccc([N+](=O)[O-])cc2)c2cc3c(cc2C[C@H]1C)OCO3. The Bertz CT molecular complexity index is 1100. The maximum absolute atomic E-state index is 11.3. The van der Waals surface area contributed by atoms with Crippen LogP contribution in [0.25, 0.3) is 0 Å². The monoisotopic (exact) mass is 441 g/mol. The molecule has 2 N–H and O–H groups in total. The molecule has 2 aliphatic heterocycles. The number of hydrogen-bond acceptors (Lipinski definition) is 7. The summed E-state index contributed by atoms with van der Waals surface area (Å²) in [5.41, 5.74) is 8.16. The van der Waals surface area contributed by atoms with Crippen molar-refractivity contribution in [3.05, 3.63) is 63.2 Å². The first-order valence-electron chi connectivity index (χ1n) is 9.45. The first-order chi connectivity index (χ1) is 14.8. The van der Waals surface area contributed by atoms with Gasteiger partial charge in [-0.2, -0.15) is 5.10 Å². The average molecular weight is 441 g/mol. The van der Waals surface area contributed by atoms with E-state index < -0.39 is 4.92 Å². The van der Waals surface area contributed by atoms with Crippen molar-refractivity contribution in [2.45, 2.75) is 26.3 Å². The summed E-state index contributed by atoms with van der Waals surface area (Å²) in [6.07, 6.45) is 0.591. The molecular formula is C20H19N5O5S. The van der Waals surface area contributed by atoms with Gasteiger partial charge in [-0.25, -0.2) is 5.01 Å². The van der Waals surface area contributed by atoms with Crippen LogP contribution in [0.4, 0.5) is 5.69 Å². The van der Waals surface area contributed by atoms with E-state index in [1.54, 1.807) is 17.1 Å². The highest BCUT2D eigenvalue weighted by Gasteiger charge is 2.29. The molecule has 10 nitrogen and oxygen atoms in total. The number of ether oxygens (including phenoxy) is 2. The number of carbonyl (C=O) groups excluding carboxylic acids is 1. The van der Waals surface area contributed by atoms with E-state index >= 15 is 0 Å². The Hall–Kier alpha value is -3.73. The predicted molar refractivity (Wildman–Crippen MR) is 116 cm³/mol. The van der Waals surface area contributed by atoms with E-state index in [9.17, 15) is 14.9 Å². The maximum Gasteiger partial charge on any atom is 0.269 e. The van der Waals surface area contributed by atoms with Crippen LogP contribution in [0, 0.1) is 10.1 Å². The second kappa shape index (κ2) is 8.19. The summed E-state index contributed by atoms with van der Waals surface area (Å²) in [5, 5.41) is 17.7. The number of hydrazone groups is 1. The van der Waals surface area contributed by atoms with Crippen molar-refractivity contribution in [2.75, 3.05) is 6.79 Å². The molecule has 160 valence electrons. The number of nitro benzene ring substituents is 1. The molecule has 4 rings (SSSR count). The van der Waals surface area contributed by atoms with E-state index in [-0.39, 0.29) is 29.5 Å². The molecule has 2 aliphatic rings. The third kappa shape index (κ3) is 4.12. The Labute approximate surface area is 182 Å². The van der Waals surface area contributed by atoms with Gasteiger partial charge in [-0.05, 0) is 55.4 Å². The van der Waals surface area contributed by atoms with Crippen molar-refractivity contribution < 1.29 is 19.2 Å². The van der Waals surface area contributed by atoms with Gasteiger partial charge in [0.15, 0.2) is 11.5 Å². The molecule has 0 aliphatic carbocycles. The van der Waals surface area contributed by atoms with Crippen LogP contribution in [-0.2, 0) is 11.2 Å². The van der Waals surface area contributed by atoms with E-state index in [1.165, 1.54) is 19.1 Å². The van der Waals surface area contributed by atoms with Gasteiger partial charge in [0.1, 0.15) is 0 Å². The number of hydrazine groups is 1. The zero-order chi connectivity index (χ0) is 22.1. The number of nitro groups is 1. The van der Waals surface area contributed by atoms with Gasteiger partial charge in [0.2, 0.25) is 17.8 Å². The molecule has 2 aromatic rings. The molecule has 0 radical (unpaired) electrons. The lowest BCUT2D eigenvalue weighted by atomic mass is 9.94. The smallest absolute Gasteiger partial charge is 0.269 e. The van der Waals surface area contributed by atoms with Crippen LogP contribution in [0.3, 0.4) is 0 Å². The first kappa shape index (κ1) is 20.5. The van der Waals surface area contributed by atoms with Gasteiger partial charge in [0.05, 0.1) is 16.7 Å². The van der Waals surface area contributed by atoms with Crippen LogP contribution in [0.15, 0.2) is 41.5 Å². The van der Waals surface area contributed by atoms with Crippen molar-refractivity contribution in [3.8, 4) is 11.5 Å². The van der Waals surface area contributed by atoms with E-state index in [1.807, 2.05) is 19.1 Å². The minimum absolute atomic E-state index is 0.0167. The summed E-state index contributed by atoms with van der Waals surface area (Å²) in [5.74, 6) is 0.966. The fraction of sp³-hybridized carbons (Fsp3) is 0.250. The van der Waals surface area contributed by atoms with Gasteiger partial charge in [0.25, 0.3) is 5.69 Å². The standard InChI is InChI=1S/C20H19N5O5S/c1-11-7-14-8-17-18(30-10-29-17)9-16(14)19(13-3-5-15(6-4-13)25(27)28)23-24(11)20(31)22-21-12(2)26/h3-6,8-9,11H,7,10H2,1-2H3,(H,21,26)(H,22,31)/t11-/m1/s1. The molecule has 0 unspecified atom stereocenters. The Morgan fingerprint density at radius 1 is 1.23 bits per heavy atom. The van der Waals surface area contributed by atoms with Crippen LogP contribution in [-0.4, -0.2) is 39.5 Å². The molecule has 11 heteroatoms. The summed E-state index contributed by atoms with van der Waals surface area (Å²) < 4.78 is 11.1. The van der Waals surface area contributed by atoms with Gasteiger partial charge < -0.3 is 9.47 Å². The molecule has 0 aromatic heterocycles. The van der Waals surface area contributed by atoms with Crippen molar-refractivity contribution >= 4 is 34.6 Å². The summed E-state index contributed by atoms with van der Waals surface area (Å²) in [6.45, 7) is 3.47. The second-order valence-corrected chi connectivity index (χ2v) is 7.51. The topological polar surface area (TPSA) is 118 Å². The molecule has 0 saturated carbocycles. The minimum Gasteiger partial charge on any atom is -0.454 e. The average Bonchev–Trinajstić information content (AvgIpc) is 3.14. The van der Waals surface area contributed by atoms with E-state index in [0.29, 0.717) is 29.2 Å². The number of non-ortho nitro benzene ring substituents is 1. The summed E-state index contributed by atoms with van der Waals surface area (Å²) in [4.78, 5) is 21.9. The lowest BCUT2D eigenvalue weighted by Gasteiger charge is -2.26. The van der Waals surface area contributed by atoms with E-state index in [0.717, 1.165) is 11.1 Å². The minimum atomic E-state index is -0.453. The highest BCUT2D eigenvalue weighted by Crippen LogP contribution is 2.37. The molecular weight excluding hydrogens is 422 g/mol. The first-order valence-corrected chi connectivity index (χ1v) is 9.86. The number of hydrogen-bond donors (Lipinski definition) is 2. The molecule has 1 amide bonds. The second-order valence-electron chi connectivity index (χ2n) is 7.12. The number of thiocarbonyl (C=S) groups is 1. The number of nitrogens with zero attached hydrogens (tertiary/aromatic N) is 3. The number of nitrogens with one attached hydrogen (secondary N) is 2. The fourth-order valence-electron chi connectivity index (χ4n) is 3.44. The molecule has 1 atom stereocenters. The summed E-state index contributed by atoms with van der Waals surface area (Å²) in [7, 11) is 0. The highest BCUT2D eigenvalue weighted by molar-refractivity contribution is 7.80. The van der Waals surface area contributed by atoms with E-state index in [4.69, 9.17) is 26.8 Å². The van der Waals surface area contributed by atoms with Crippen LogP contribution in [0.2, 0.25) is 0 Å². The van der Waals surface area contributed by atoms with Crippen LogP contribution in [0.5, 0.6) is 11.5 Å². The number of fused-ring (bicyclic) bond motifs is 2. The zero-order valence-corrected chi connectivity index (χ0v) is 17.6. The van der Waals surface area contributed by atoms with Crippen molar-refractivity contribution in [3.63, 3.8) is 0 Å². The number of benzene rings is 2. The third-order valence-electron chi connectivity index (χ3n) is 4.90. The molecule has 2 heterocycles. The summed E-state index contributed by atoms with van der Waals surface area (Å²) in [6, 6.07) is 9.77. The Morgan fingerprint density at radius 2 is 1.90 bits per heavy atom. The van der Waals surface area contributed by atoms with Gasteiger partial charge in [-0.15, -0.1) is 0 Å². The Kier molecular flexibility index (Phi) is 5.42. The molecule has 0 bridgehead atoms. The van der Waals surface area contributed by atoms with E-state index in [2.05, 4.69) is 10.9 Å². The predicted octanol–water partition coefficient (Wildman–Crippen LogP) is 2.25. The highest BCUT2D eigenvalue weighted by atomic mass is 32.1. The summed E-state index contributed by atoms with van der Waals surface area (Å²) >= 11 is 5.44. The fourth-order valence-corrected chi connectivity index (χ4v) is 3.71. The lowest BCUT2D eigenvalue weighted by molar-refractivity contribution is -0.384. The van der Waals surface area contributed by atoms with Crippen molar-refractivity contribution in [1.29, 1.82) is 0 Å². The van der Waals surface area contributed by atoms with Crippen molar-refractivity contribution in [1.82, 2.24) is 15.9 Å². The van der Waals surface area contributed by atoms with Crippen LogP contribution >= 0.6 is 12.2 Å². The Balaban J connectivity index is 1.81. The van der Waals surface area contributed by atoms with Crippen LogP contribution < -0.4 is 20.3 Å². The lowest BCUT2D eigenvalue weighted by Crippen LogP contribution is -2.49. The number of carbonyl (C=O) groups is 1. The maximum atomic E-state index is 11.3. The van der Waals surface area contributed by atoms with Gasteiger partial charge in [-0.3, -0.25) is 25.8 Å². The molecule has 2 aromatic carbocycles.